The van der Waals surface area contributed by atoms with Crippen molar-refractivity contribution in [1.29, 1.82) is 0 Å². The van der Waals surface area contributed by atoms with Crippen LogP contribution in [-0.2, 0) is 6.54 Å². The van der Waals surface area contributed by atoms with Gasteiger partial charge >= 0.3 is 0 Å². The lowest BCUT2D eigenvalue weighted by atomic mass is 10.3. The molecule has 0 aliphatic carbocycles. The molecule has 0 spiro atoms. The Morgan fingerprint density at radius 2 is 2.14 bits per heavy atom. The number of hydrogen-bond acceptors (Lipinski definition) is 6. The second-order valence-electron chi connectivity index (χ2n) is 4.60. The van der Waals surface area contributed by atoms with E-state index in [4.69, 9.17) is 16.1 Å². The van der Waals surface area contributed by atoms with Crippen LogP contribution in [0.1, 0.15) is 17.1 Å². The third-order valence-electron chi connectivity index (χ3n) is 2.81. The summed E-state index contributed by atoms with van der Waals surface area (Å²) in [7, 11) is 0. The summed E-state index contributed by atoms with van der Waals surface area (Å²) >= 11 is 5.83. The lowest BCUT2D eigenvalue weighted by Crippen LogP contribution is -1.90. The van der Waals surface area contributed by atoms with Gasteiger partial charge in [-0.05, 0) is 30.7 Å². The molecule has 7 heteroatoms. The highest BCUT2D eigenvalue weighted by molar-refractivity contribution is 6.29. The molecule has 3 aromatic rings. The standard InChI is InChI=1S/C15H12ClN5O/c1-10-5-6-11(18-7-10)8-17-9-14-20-15(22-21-14)12-3-2-4-13(16)19-12/h2-7,9H,8H2,1H3. The van der Waals surface area contributed by atoms with Gasteiger partial charge in [-0.15, -0.1) is 0 Å². The van der Waals surface area contributed by atoms with Crippen molar-refractivity contribution in [3.63, 3.8) is 0 Å². The summed E-state index contributed by atoms with van der Waals surface area (Å²) in [6.45, 7) is 2.45. The Bertz CT molecular complexity index is 798. The van der Waals surface area contributed by atoms with Crippen LogP contribution >= 0.6 is 11.6 Å². The number of pyridine rings is 2. The van der Waals surface area contributed by atoms with Crippen LogP contribution in [0.2, 0.25) is 5.15 Å². The summed E-state index contributed by atoms with van der Waals surface area (Å²) in [5.74, 6) is 0.682. The maximum Gasteiger partial charge on any atom is 0.276 e. The molecule has 0 N–H and O–H groups in total. The van der Waals surface area contributed by atoms with Crippen LogP contribution in [0.3, 0.4) is 0 Å². The monoisotopic (exact) mass is 313 g/mol. The number of hydrogen-bond donors (Lipinski definition) is 0. The van der Waals surface area contributed by atoms with Gasteiger partial charge in [0.05, 0.1) is 18.5 Å². The minimum Gasteiger partial charge on any atom is -0.332 e. The zero-order chi connectivity index (χ0) is 15.4. The van der Waals surface area contributed by atoms with E-state index < -0.39 is 0 Å². The molecular formula is C15H12ClN5O. The van der Waals surface area contributed by atoms with Gasteiger partial charge < -0.3 is 4.52 Å². The van der Waals surface area contributed by atoms with Crippen LogP contribution < -0.4 is 0 Å². The fourth-order valence-electron chi connectivity index (χ4n) is 1.73. The lowest BCUT2D eigenvalue weighted by Gasteiger charge is -1.95. The molecule has 0 aliphatic heterocycles. The number of aryl methyl sites for hydroxylation is 1. The Balaban J connectivity index is 1.69. The van der Waals surface area contributed by atoms with E-state index in [1.165, 1.54) is 0 Å². The predicted molar refractivity (Wildman–Crippen MR) is 82.8 cm³/mol. The molecule has 0 saturated carbocycles. The van der Waals surface area contributed by atoms with Crippen LogP contribution in [0.4, 0.5) is 0 Å². The summed E-state index contributed by atoms with van der Waals surface area (Å²) in [6.07, 6.45) is 3.35. The fraction of sp³-hybridized carbons (Fsp3) is 0.133. The highest BCUT2D eigenvalue weighted by Crippen LogP contribution is 2.16. The molecule has 0 bridgehead atoms. The highest BCUT2D eigenvalue weighted by Gasteiger charge is 2.08. The van der Waals surface area contributed by atoms with E-state index in [1.807, 2.05) is 25.3 Å². The number of aromatic nitrogens is 4. The molecular weight excluding hydrogens is 302 g/mol. The van der Waals surface area contributed by atoms with Gasteiger partial charge in [0.25, 0.3) is 5.89 Å². The van der Waals surface area contributed by atoms with Gasteiger partial charge in [-0.1, -0.05) is 28.9 Å². The molecule has 3 heterocycles. The molecule has 0 aromatic carbocycles. The number of nitrogens with zero attached hydrogens (tertiary/aromatic N) is 5. The number of rotatable bonds is 4. The van der Waals surface area contributed by atoms with Crippen LogP contribution in [0, 0.1) is 6.92 Å². The van der Waals surface area contributed by atoms with Crippen molar-refractivity contribution >= 4 is 17.8 Å². The number of halogens is 1. The second-order valence-corrected chi connectivity index (χ2v) is 4.99. The Hall–Kier alpha value is -2.60. The number of aliphatic imine (C=N–C) groups is 1. The first kappa shape index (κ1) is 14.3. The molecule has 0 fully saturated rings. The van der Waals surface area contributed by atoms with Crippen LogP contribution in [0.25, 0.3) is 11.6 Å². The van der Waals surface area contributed by atoms with Gasteiger partial charge in [0, 0.05) is 6.20 Å². The predicted octanol–water partition coefficient (Wildman–Crippen LogP) is 3.11. The second kappa shape index (κ2) is 6.44. The molecule has 0 amide bonds. The molecule has 0 atom stereocenters. The SMILES string of the molecule is Cc1ccc(CN=Cc2noc(-c3cccc(Cl)n3)n2)nc1. The van der Waals surface area contributed by atoms with Crippen molar-refractivity contribution in [2.45, 2.75) is 13.5 Å². The van der Waals surface area contributed by atoms with Crippen LogP contribution in [0.15, 0.2) is 46.0 Å². The van der Waals surface area contributed by atoms with Gasteiger partial charge in [0.15, 0.2) is 0 Å². The van der Waals surface area contributed by atoms with Crippen molar-refractivity contribution in [3.8, 4) is 11.6 Å². The summed E-state index contributed by atoms with van der Waals surface area (Å²) in [5.41, 5.74) is 2.52. The fourth-order valence-corrected chi connectivity index (χ4v) is 1.90. The van der Waals surface area contributed by atoms with Gasteiger partial charge in [-0.2, -0.15) is 4.98 Å². The normalized spacial score (nSPS) is 11.2. The Morgan fingerprint density at radius 3 is 2.91 bits per heavy atom. The maximum atomic E-state index is 5.83. The highest BCUT2D eigenvalue weighted by atomic mass is 35.5. The van der Waals surface area contributed by atoms with Crippen molar-refractivity contribution in [2.24, 2.45) is 4.99 Å². The molecule has 22 heavy (non-hydrogen) atoms. The van der Waals surface area contributed by atoms with Crippen molar-refractivity contribution < 1.29 is 4.52 Å². The first-order valence-corrected chi connectivity index (χ1v) is 6.96. The average Bonchev–Trinajstić information content (AvgIpc) is 2.98. The van der Waals surface area contributed by atoms with Gasteiger partial charge in [-0.25, -0.2) is 4.98 Å². The van der Waals surface area contributed by atoms with Gasteiger partial charge in [0.1, 0.15) is 10.8 Å². The zero-order valence-corrected chi connectivity index (χ0v) is 12.5. The summed E-state index contributed by atoms with van der Waals surface area (Å²) in [6, 6.07) is 9.12. The molecule has 3 aromatic heterocycles. The van der Waals surface area contributed by atoms with E-state index in [0.717, 1.165) is 11.3 Å². The summed E-state index contributed by atoms with van der Waals surface area (Å²) in [5, 5.41) is 4.20. The quantitative estimate of drug-likeness (QED) is 0.546. The first-order valence-electron chi connectivity index (χ1n) is 6.59. The smallest absolute Gasteiger partial charge is 0.276 e. The maximum absolute atomic E-state index is 5.83. The van der Waals surface area contributed by atoms with E-state index in [2.05, 4.69) is 25.1 Å². The van der Waals surface area contributed by atoms with Gasteiger partial charge in [-0.3, -0.25) is 9.98 Å². The first-order chi connectivity index (χ1) is 10.7. The van der Waals surface area contributed by atoms with E-state index >= 15 is 0 Å². The van der Waals surface area contributed by atoms with E-state index in [-0.39, 0.29) is 0 Å². The van der Waals surface area contributed by atoms with E-state index in [9.17, 15) is 0 Å². The Labute approximate surface area is 131 Å². The average molecular weight is 314 g/mol. The summed E-state index contributed by atoms with van der Waals surface area (Å²) < 4.78 is 5.14. The third kappa shape index (κ3) is 3.53. The molecule has 6 nitrogen and oxygen atoms in total. The molecule has 0 saturated heterocycles. The van der Waals surface area contributed by atoms with E-state index in [0.29, 0.717) is 29.1 Å². The van der Waals surface area contributed by atoms with Crippen LogP contribution in [-0.4, -0.2) is 26.3 Å². The lowest BCUT2D eigenvalue weighted by molar-refractivity contribution is 0.428. The van der Waals surface area contributed by atoms with Crippen molar-refractivity contribution in [1.82, 2.24) is 20.1 Å². The zero-order valence-electron chi connectivity index (χ0n) is 11.8. The Kier molecular flexibility index (Phi) is 4.20. The van der Waals surface area contributed by atoms with Crippen molar-refractivity contribution in [3.05, 3.63) is 58.8 Å². The molecule has 0 unspecified atom stereocenters. The molecule has 110 valence electrons. The largest absolute Gasteiger partial charge is 0.332 e. The van der Waals surface area contributed by atoms with Gasteiger partial charge in [0.2, 0.25) is 5.82 Å². The summed E-state index contributed by atoms with van der Waals surface area (Å²) in [4.78, 5) is 16.8. The topological polar surface area (TPSA) is 77.1 Å². The minimum atomic E-state index is 0.303. The minimum absolute atomic E-state index is 0.303. The van der Waals surface area contributed by atoms with Crippen LogP contribution in [0.5, 0.6) is 0 Å². The third-order valence-corrected chi connectivity index (χ3v) is 3.02. The Morgan fingerprint density at radius 1 is 1.23 bits per heavy atom. The molecule has 3 rings (SSSR count). The molecule has 0 aliphatic rings. The van der Waals surface area contributed by atoms with E-state index in [1.54, 1.807) is 24.4 Å². The molecule has 0 radical (unpaired) electrons. The van der Waals surface area contributed by atoms with Crippen molar-refractivity contribution in [2.75, 3.05) is 0 Å².